The Hall–Kier alpha value is -3.98. The van der Waals surface area contributed by atoms with E-state index in [1.807, 2.05) is 53.2 Å². The van der Waals surface area contributed by atoms with Crippen LogP contribution in [0, 0.1) is 11.3 Å². The molecule has 6 nitrogen and oxygen atoms in total. The Labute approximate surface area is 149 Å². The fraction of sp³-hybridized carbons (Fsp3) is 0. The van der Waals surface area contributed by atoms with Gasteiger partial charge in [0.1, 0.15) is 0 Å². The van der Waals surface area contributed by atoms with E-state index in [-0.39, 0.29) is 5.91 Å². The van der Waals surface area contributed by atoms with Crippen molar-refractivity contribution >= 4 is 17.4 Å². The minimum Gasteiger partial charge on any atom is -0.322 e. The number of benzene rings is 2. The molecule has 6 heteroatoms. The monoisotopic (exact) mass is 339 g/mol. The van der Waals surface area contributed by atoms with Gasteiger partial charge in [0.2, 0.25) is 5.78 Å². The van der Waals surface area contributed by atoms with E-state index < -0.39 is 0 Å². The van der Waals surface area contributed by atoms with E-state index in [0.29, 0.717) is 22.6 Å². The number of nitrogens with one attached hydrogen (secondary N) is 1. The fourth-order valence-electron chi connectivity index (χ4n) is 2.63. The zero-order valence-corrected chi connectivity index (χ0v) is 13.6. The van der Waals surface area contributed by atoms with E-state index >= 15 is 0 Å². The summed E-state index contributed by atoms with van der Waals surface area (Å²) in [5.41, 5.74) is 3.30. The summed E-state index contributed by atoms with van der Waals surface area (Å²) in [5.74, 6) is 0.379. The summed E-state index contributed by atoms with van der Waals surface area (Å²) in [6.45, 7) is 0. The molecule has 26 heavy (non-hydrogen) atoms. The number of nitrogens with zero attached hydrogens (tertiary/aromatic N) is 4. The highest BCUT2D eigenvalue weighted by molar-refractivity contribution is 6.04. The number of imidazole rings is 1. The molecule has 1 N–H and O–H groups in total. The van der Waals surface area contributed by atoms with E-state index in [0.717, 1.165) is 11.3 Å². The second-order valence-electron chi connectivity index (χ2n) is 5.68. The van der Waals surface area contributed by atoms with Gasteiger partial charge in [0.15, 0.2) is 0 Å². The van der Waals surface area contributed by atoms with Gasteiger partial charge < -0.3 is 5.32 Å². The molecule has 0 aliphatic heterocycles. The molecule has 0 bridgehead atoms. The van der Waals surface area contributed by atoms with Crippen molar-refractivity contribution in [3.8, 4) is 17.3 Å². The first-order valence-corrected chi connectivity index (χ1v) is 7.94. The van der Waals surface area contributed by atoms with Crippen molar-refractivity contribution in [3.63, 3.8) is 0 Å². The maximum atomic E-state index is 12.3. The van der Waals surface area contributed by atoms with Gasteiger partial charge in [0.05, 0.1) is 17.3 Å². The molecule has 0 saturated carbocycles. The summed E-state index contributed by atoms with van der Waals surface area (Å²) < 4.78 is 1.85. The SMILES string of the molecule is N#Cc1cccc(C(=O)Nc2ccc(-c3cn4cccnc4n3)cc2)c1. The number of fused-ring (bicyclic) bond motifs is 1. The van der Waals surface area contributed by atoms with Crippen LogP contribution in [0.4, 0.5) is 5.69 Å². The summed E-state index contributed by atoms with van der Waals surface area (Å²) in [4.78, 5) is 21.0. The van der Waals surface area contributed by atoms with Crippen molar-refractivity contribution in [3.05, 3.63) is 84.3 Å². The maximum Gasteiger partial charge on any atom is 0.255 e. The van der Waals surface area contributed by atoms with Gasteiger partial charge in [-0.1, -0.05) is 18.2 Å². The highest BCUT2D eigenvalue weighted by atomic mass is 16.1. The Morgan fingerprint density at radius 2 is 1.96 bits per heavy atom. The topological polar surface area (TPSA) is 83.1 Å². The number of hydrogen-bond donors (Lipinski definition) is 1. The van der Waals surface area contributed by atoms with E-state index in [1.165, 1.54) is 0 Å². The molecule has 4 aromatic rings. The van der Waals surface area contributed by atoms with Crippen molar-refractivity contribution in [2.45, 2.75) is 0 Å². The van der Waals surface area contributed by atoms with Crippen molar-refractivity contribution in [1.82, 2.24) is 14.4 Å². The molecule has 0 saturated heterocycles. The van der Waals surface area contributed by atoms with Gasteiger partial charge in [-0.25, -0.2) is 9.97 Å². The van der Waals surface area contributed by atoms with Crippen LogP contribution in [0.25, 0.3) is 17.0 Å². The lowest BCUT2D eigenvalue weighted by molar-refractivity contribution is 0.102. The average Bonchev–Trinajstić information content (AvgIpc) is 3.13. The number of amides is 1. The lowest BCUT2D eigenvalue weighted by atomic mass is 10.1. The van der Waals surface area contributed by atoms with Crippen LogP contribution in [-0.2, 0) is 0 Å². The Morgan fingerprint density at radius 3 is 2.73 bits per heavy atom. The van der Waals surface area contributed by atoms with Crippen LogP contribution in [0.3, 0.4) is 0 Å². The quantitative estimate of drug-likeness (QED) is 0.619. The van der Waals surface area contributed by atoms with E-state index in [2.05, 4.69) is 15.3 Å². The van der Waals surface area contributed by atoms with Crippen LogP contribution in [0.1, 0.15) is 15.9 Å². The number of aromatic nitrogens is 3. The lowest BCUT2D eigenvalue weighted by Gasteiger charge is -2.06. The molecule has 1 amide bonds. The Kier molecular flexibility index (Phi) is 3.88. The normalized spacial score (nSPS) is 10.4. The zero-order valence-electron chi connectivity index (χ0n) is 13.6. The molecule has 0 aliphatic rings. The van der Waals surface area contributed by atoms with Crippen molar-refractivity contribution in [2.24, 2.45) is 0 Å². The molecule has 0 spiro atoms. The molecule has 0 atom stereocenters. The number of rotatable bonds is 3. The van der Waals surface area contributed by atoms with E-state index in [4.69, 9.17) is 5.26 Å². The van der Waals surface area contributed by atoms with Crippen LogP contribution in [0.15, 0.2) is 73.2 Å². The van der Waals surface area contributed by atoms with Gasteiger partial charge in [0.25, 0.3) is 5.91 Å². The second kappa shape index (κ2) is 6.49. The minimum atomic E-state index is -0.258. The third-order valence-electron chi connectivity index (χ3n) is 3.93. The number of anilines is 1. The highest BCUT2D eigenvalue weighted by Gasteiger charge is 2.08. The molecule has 0 aliphatic carbocycles. The molecule has 0 radical (unpaired) electrons. The molecule has 2 heterocycles. The third kappa shape index (κ3) is 3.01. The second-order valence-corrected chi connectivity index (χ2v) is 5.68. The summed E-state index contributed by atoms with van der Waals surface area (Å²) in [7, 11) is 0. The summed E-state index contributed by atoms with van der Waals surface area (Å²) in [5, 5.41) is 11.8. The van der Waals surface area contributed by atoms with Crippen LogP contribution >= 0.6 is 0 Å². The predicted octanol–water partition coefficient (Wildman–Crippen LogP) is 3.52. The fourth-order valence-corrected chi connectivity index (χ4v) is 2.63. The standard InChI is InChI=1S/C20H13N5O/c21-12-14-3-1-4-16(11-14)19(26)23-17-7-5-15(6-8-17)18-13-25-10-2-9-22-20(25)24-18/h1-11,13H,(H,23,26). The minimum absolute atomic E-state index is 0.258. The van der Waals surface area contributed by atoms with Gasteiger partial charge in [0, 0.05) is 35.4 Å². The number of hydrogen-bond acceptors (Lipinski definition) is 4. The number of carbonyl (C=O) groups excluding carboxylic acids is 1. The van der Waals surface area contributed by atoms with Gasteiger partial charge in [-0.15, -0.1) is 0 Å². The predicted molar refractivity (Wildman–Crippen MR) is 97.5 cm³/mol. The van der Waals surface area contributed by atoms with Crippen LogP contribution in [-0.4, -0.2) is 20.3 Å². The molecular weight excluding hydrogens is 326 g/mol. The molecular formula is C20H13N5O. The van der Waals surface area contributed by atoms with Crippen LogP contribution < -0.4 is 5.32 Å². The van der Waals surface area contributed by atoms with Crippen LogP contribution in [0.5, 0.6) is 0 Å². The van der Waals surface area contributed by atoms with Gasteiger partial charge in [-0.05, 0) is 36.4 Å². The Morgan fingerprint density at radius 1 is 1.12 bits per heavy atom. The van der Waals surface area contributed by atoms with Gasteiger partial charge in [-0.2, -0.15) is 5.26 Å². The Balaban J connectivity index is 1.54. The Bertz CT molecular complexity index is 1110. The van der Waals surface area contributed by atoms with Crippen molar-refractivity contribution < 1.29 is 4.79 Å². The lowest BCUT2D eigenvalue weighted by Crippen LogP contribution is -2.11. The summed E-state index contributed by atoms with van der Waals surface area (Å²) in [6.07, 6.45) is 5.50. The van der Waals surface area contributed by atoms with Crippen molar-refractivity contribution in [1.29, 1.82) is 5.26 Å². The number of nitriles is 1. The third-order valence-corrected chi connectivity index (χ3v) is 3.93. The highest BCUT2D eigenvalue weighted by Crippen LogP contribution is 2.21. The van der Waals surface area contributed by atoms with Crippen LogP contribution in [0.2, 0.25) is 0 Å². The zero-order chi connectivity index (χ0) is 17.9. The molecule has 0 fully saturated rings. The molecule has 0 unspecified atom stereocenters. The van der Waals surface area contributed by atoms with Gasteiger partial charge in [-0.3, -0.25) is 9.20 Å². The average molecular weight is 339 g/mol. The molecule has 124 valence electrons. The molecule has 2 aromatic heterocycles. The molecule has 2 aromatic carbocycles. The summed E-state index contributed by atoms with van der Waals surface area (Å²) in [6, 6.07) is 17.9. The van der Waals surface area contributed by atoms with Gasteiger partial charge >= 0.3 is 0 Å². The maximum absolute atomic E-state index is 12.3. The molecule has 4 rings (SSSR count). The first-order valence-electron chi connectivity index (χ1n) is 7.94. The first kappa shape index (κ1) is 15.5. The summed E-state index contributed by atoms with van der Waals surface area (Å²) >= 11 is 0. The van der Waals surface area contributed by atoms with Crippen molar-refractivity contribution in [2.75, 3.05) is 5.32 Å². The number of carbonyl (C=O) groups is 1. The smallest absolute Gasteiger partial charge is 0.255 e. The first-order chi connectivity index (χ1) is 12.7. The van der Waals surface area contributed by atoms with E-state index in [9.17, 15) is 4.79 Å². The van der Waals surface area contributed by atoms with E-state index in [1.54, 1.807) is 30.5 Å². The largest absolute Gasteiger partial charge is 0.322 e.